The molecule has 3 rings (SSSR count). The van der Waals surface area contributed by atoms with Gasteiger partial charge in [0.15, 0.2) is 0 Å². The monoisotopic (exact) mass is 490 g/mol. The Morgan fingerprint density at radius 1 is 0.943 bits per heavy atom. The number of rotatable bonds is 11. The standard InChI is InChI=1S/C29H35N2O3P/c1-4-20-34-29(33)28(31-27(21-32)22(2)23(3)30)35(24-14-8-5-9-15-24,25-16-10-6-11-17-25)26-18-12-7-13-19-26/h4-19,22-23,27,31-32H,1,20-21,30H2,2-3H3/t22?,23-,27?/m0/s1. The molecule has 35 heavy (non-hydrogen) atoms. The highest BCUT2D eigenvalue weighted by Crippen LogP contribution is 2.46. The van der Waals surface area contributed by atoms with E-state index in [9.17, 15) is 9.90 Å². The van der Waals surface area contributed by atoms with Gasteiger partial charge in [-0.05, 0) is 28.8 Å². The molecular weight excluding hydrogens is 455 g/mol. The zero-order chi connectivity index (χ0) is 25.3. The molecule has 184 valence electrons. The van der Waals surface area contributed by atoms with Crippen LogP contribution in [0, 0.1) is 5.92 Å². The van der Waals surface area contributed by atoms with Gasteiger partial charge in [-0.1, -0.05) is 111 Å². The van der Waals surface area contributed by atoms with Crippen molar-refractivity contribution in [3.8, 4) is 0 Å². The first-order chi connectivity index (χ1) is 17.0. The van der Waals surface area contributed by atoms with E-state index in [-0.39, 0.29) is 25.2 Å². The lowest BCUT2D eigenvalue weighted by atomic mass is 9.96. The van der Waals surface area contributed by atoms with E-state index in [1.807, 2.05) is 68.4 Å². The molecule has 3 atom stereocenters. The third-order valence-corrected chi connectivity index (χ3v) is 10.5. The Hall–Kier alpha value is -2.95. The molecule has 0 heterocycles. The van der Waals surface area contributed by atoms with Crippen molar-refractivity contribution < 1.29 is 14.6 Å². The Balaban J connectivity index is 2.50. The van der Waals surface area contributed by atoms with Gasteiger partial charge in [-0.25, -0.2) is 4.79 Å². The largest absolute Gasteiger partial charge is 0.457 e. The Kier molecular flexibility index (Phi) is 9.64. The van der Waals surface area contributed by atoms with Crippen LogP contribution in [0.2, 0.25) is 0 Å². The zero-order valence-electron chi connectivity index (χ0n) is 20.4. The first-order valence-corrected chi connectivity index (χ1v) is 13.6. The van der Waals surface area contributed by atoms with Gasteiger partial charge in [0.1, 0.15) is 12.0 Å². The molecule has 0 bridgehead atoms. The number of hydrogen-bond acceptors (Lipinski definition) is 4. The number of benzene rings is 3. The second kappa shape index (κ2) is 12.7. The Bertz CT molecular complexity index is 1040. The molecule has 0 spiro atoms. The fourth-order valence-corrected chi connectivity index (χ4v) is 8.40. The molecule has 4 N–H and O–H groups in total. The summed E-state index contributed by atoms with van der Waals surface area (Å²) < 4.78 is 5.67. The fourth-order valence-electron chi connectivity index (χ4n) is 4.17. The summed E-state index contributed by atoms with van der Waals surface area (Å²) in [5.74, 6) is -0.573. The Labute approximate surface area is 208 Å². The lowest BCUT2D eigenvalue weighted by molar-refractivity contribution is -0.134. The molecule has 0 aromatic heterocycles. The van der Waals surface area contributed by atoms with Crippen LogP contribution in [0.25, 0.3) is 0 Å². The zero-order valence-corrected chi connectivity index (χ0v) is 21.3. The third kappa shape index (κ3) is 5.83. The number of aliphatic hydroxyl groups is 1. The molecule has 0 saturated heterocycles. The van der Waals surface area contributed by atoms with Crippen LogP contribution in [0.15, 0.2) is 104 Å². The minimum Gasteiger partial charge on any atom is -0.457 e. The van der Waals surface area contributed by atoms with Crippen LogP contribution in [0.1, 0.15) is 13.8 Å². The van der Waals surface area contributed by atoms with E-state index in [0.29, 0.717) is 5.42 Å². The number of aliphatic hydroxyl groups excluding tert-OH is 1. The predicted octanol–water partition coefficient (Wildman–Crippen LogP) is 2.77. The molecule has 0 aliphatic rings. The maximum atomic E-state index is 13.9. The van der Waals surface area contributed by atoms with E-state index < -0.39 is 18.9 Å². The average Bonchev–Trinajstić information content (AvgIpc) is 2.91. The van der Waals surface area contributed by atoms with Gasteiger partial charge in [0.05, 0.1) is 6.61 Å². The number of esters is 1. The second-order valence-corrected chi connectivity index (χ2v) is 11.9. The van der Waals surface area contributed by atoms with Crippen LogP contribution in [-0.4, -0.2) is 41.8 Å². The molecule has 3 aromatic carbocycles. The van der Waals surface area contributed by atoms with Crippen molar-refractivity contribution in [3.63, 3.8) is 0 Å². The highest BCUT2D eigenvalue weighted by atomic mass is 31.2. The lowest BCUT2D eigenvalue weighted by Gasteiger charge is -2.35. The van der Waals surface area contributed by atoms with Crippen molar-refractivity contribution in [2.24, 2.45) is 11.7 Å². The lowest BCUT2D eigenvalue weighted by Crippen LogP contribution is -2.52. The molecule has 6 heteroatoms. The number of carbonyl (C=O) groups is 1. The summed E-state index contributed by atoms with van der Waals surface area (Å²) in [5, 5.41) is 16.8. The van der Waals surface area contributed by atoms with Crippen LogP contribution >= 0.6 is 6.89 Å². The van der Waals surface area contributed by atoms with Gasteiger partial charge >= 0.3 is 5.97 Å². The van der Waals surface area contributed by atoms with Gasteiger partial charge in [-0.2, -0.15) is 0 Å². The molecule has 0 aliphatic heterocycles. The summed E-state index contributed by atoms with van der Waals surface area (Å²) in [5.41, 5.74) is 6.63. The van der Waals surface area contributed by atoms with Crippen molar-refractivity contribution in [2.45, 2.75) is 25.9 Å². The molecule has 2 unspecified atom stereocenters. The average molecular weight is 491 g/mol. The maximum Gasteiger partial charge on any atom is 0.350 e. The number of ether oxygens (including phenoxy) is 1. The second-order valence-electron chi connectivity index (χ2n) is 8.56. The van der Waals surface area contributed by atoms with Gasteiger partial charge in [0.25, 0.3) is 0 Å². The van der Waals surface area contributed by atoms with Crippen molar-refractivity contribution in [1.82, 2.24) is 5.32 Å². The summed E-state index contributed by atoms with van der Waals surface area (Å²) in [4.78, 5) is 13.9. The Morgan fingerprint density at radius 3 is 1.71 bits per heavy atom. The maximum absolute atomic E-state index is 13.9. The summed E-state index contributed by atoms with van der Waals surface area (Å²) in [6, 6.07) is 29.5. The summed E-state index contributed by atoms with van der Waals surface area (Å²) >= 11 is 0. The third-order valence-electron chi connectivity index (χ3n) is 6.27. The van der Waals surface area contributed by atoms with E-state index in [1.54, 1.807) is 6.08 Å². The van der Waals surface area contributed by atoms with Gasteiger partial charge in [0, 0.05) is 19.0 Å². The molecular formula is C29H35N2O3P. The van der Waals surface area contributed by atoms with Gasteiger partial charge in [0.2, 0.25) is 0 Å². The minimum atomic E-state index is -2.75. The van der Waals surface area contributed by atoms with E-state index in [4.69, 9.17) is 10.5 Å². The van der Waals surface area contributed by atoms with Crippen molar-refractivity contribution in [1.29, 1.82) is 0 Å². The van der Waals surface area contributed by atoms with Gasteiger partial charge in [-0.15, -0.1) is 0 Å². The van der Waals surface area contributed by atoms with Crippen LogP contribution in [0.4, 0.5) is 0 Å². The van der Waals surface area contributed by atoms with E-state index >= 15 is 0 Å². The molecule has 0 saturated carbocycles. The van der Waals surface area contributed by atoms with Crippen LogP contribution < -0.4 is 27.0 Å². The van der Waals surface area contributed by atoms with E-state index in [1.165, 1.54) is 0 Å². The van der Waals surface area contributed by atoms with E-state index in [2.05, 4.69) is 48.3 Å². The molecule has 0 fully saturated rings. The number of hydrogen-bond donors (Lipinski definition) is 3. The normalized spacial score (nSPS) is 13.9. The molecule has 3 aromatic rings. The van der Waals surface area contributed by atoms with Crippen LogP contribution in [0.5, 0.6) is 0 Å². The topological polar surface area (TPSA) is 84.6 Å². The molecule has 0 aliphatic carbocycles. The minimum absolute atomic E-state index is 0.0784. The first-order valence-electron chi connectivity index (χ1n) is 11.8. The smallest absolute Gasteiger partial charge is 0.350 e. The fraction of sp³-hybridized carbons (Fsp3) is 0.241. The molecule has 0 amide bonds. The number of carbonyl (C=O) groups excluding carboxylic acids is 1. The van der Waals surface area contributed by atoms with E-state index in [0.717, 1.165) is 15.9 Å². The molecule has 5 nitrogen and oxygen atoms in total. The number of nitrogens with two attached hydrogens (primary N) is 1. The quantitative estimate of drug-likeness (QED) is 0.219. The first kappa shape index (κ1) is 26.7. The van der Waals surface area contributed by atoms with Gasteiger partial charge < -0.3 is 15.6 Å². The van der Waals surface area contributed by atoms with Crippen molar-refractivity contribution in [2.75, 3.05) is 13.2 Å². The van der Waals surface area contributed by atoms with Gasteiger partial charge in [-0.3, -0.25) is 5.32 Å². The number of nitrogens with one attached hydrogen (secondary N) is 1. The Morgan fingerprint density at radius 2 is 1.37 bits per heavy atom. The summed E-state index contributed by atoms with van der Waals surface area (Å²) in [6.45, 7) is 4.72. The van der Waals surface area contributed by atoms with Crippen LogP contribution in [0.3, 0.4) is 0 Å². The highest BCUT2D eigenvalue weighted by molar-refractivity contribution is 7.96. The predicted molar refractivity (Wildman–Crippen MR) is 148 cm³/mol. The van der Waals surface area contributed by atoms with Crippen molar-refractivity contribution in [3.05, 3.63) is 104 Å². The summed E-state index contributed by atoms with van der Waals surface area (Å²) in [6.07, 6.45) is 1.55. The summed E-state index contributed by atoms with van der Waals surface area (Å²) in [7, 11) is 0. The SMILES string of the molecule is C=CCOC(=O)C(NC(CO)C(C)[C@H](C)N)=P(c1ccccc1)(c1ccccc1)c1ccccc1. The highest BCUT2D eigenvalue weighted by Gasteiger charge is 2.36. The van der Waals surface area contributed by atoms with Crippen LogP contribution in [-0.2, 0) is 9.53 Å². The molecule has 0 radical (unpaired) electrons. The van der Waals surface area contributed by atoms with Crippen molar-refractivity contribution >= 4 is 34.2 Å².